The van der Waals surface area contributed by atoms with Crippen molar-refractivity contribution in [3.8, 4) is 22.3 Å². The van der Waals surface area contributed by atoms with Crippen LogP contribution in [0.1, 0.15) is 83.3 Å². The number of hydrogen-bond acceptors (Lipinski definition) is 0. The molecule has 4 aliphatic rings. The Morgan fingerprint density at radius 1 is 0.227 bits per heavy atom. The summed E-state index contributed by atoms with van der Waals surface area (Å²) < 4.78 is 0. The largest absolute Gasteiger partial charge is 0.0622 e. The molecule has 0 heterocycles. The summed E-state index contributed by atoms with van der Waals surface area (Å²) in [6.07, 6.45) is 0. The first-order valence-electron chi connectivity index (χ1n) is 23.5. The SMILES string of the molecule is CC1(C)c2ccccc2-c2cccc(C3=C(c4cccc5c4C(C)(C)c4ccccc4-5)C(c4ccccc4)=C4C3=C(c3ccccc3)c3cc5c6ccccc6c6ccccc6c5cc34)c21. The maximum atomic E-state index is 2.57. The maximum absolute atomic E-state index is 2.57. The first-order chi connectivity index (χ1) is 32.3. The van der Waals surface area contributed by atoms with Crippen molar-refractivity contribution >= 4 is 60.2 Å². The van der Waals surface area contributed by atoms with Crippen molar-refractivity contribution in [1.29, 1.82) is 0 Å². The molecular formula is C66H46. The van der Waals surface area contributed by atoms with E-state index in [-0.39, 0.29) is 10.8 Å². The Bertz CT molecular complexity index is 3880. The van der Waals surface area contributed by atoms with Gasteiger partial charge in [0.25, 0.3) is 0 Å². The van der Waals surface area contributed by atoms with Gasteiger partial charge in [0.05, 0.1) is 0 Å². The molecule has 0 aromatic heterocycles. The lowest BCUT2D eigenvalue weighted by atomic mass is 9.74. The fraction of sp³-hybridized carbons (Fsp3) is 0.0909. The summed E-state index contributed by atoms with van der Waals surface area (Å²) in [4.78, 5) is 0. The fourth-order valence-corrected chi connectivity index (χ4v) is 13.1. The third kappa shape index (κ3) is 4.83. The second kappa shape index (κ2) is 13.4. The van der Waals surface area contributed by atoms with Crippen LogP contribution in [0.4, 0.5) is 0 Å². The van der Waals surface area contributed by atoms with Gasteiger partial charge in [0.1, 0.15) is 0 Å². The van der Waals surface area contributed by atoms with Crippen molar-refractivity contribution < 1.29 is 0 Å². The summed E-state index contributed by atoms with van der Waals surface area (Å²) >= 11 is 0. The van der Waals surface area contributed by atoms with E-state index in [2.05, 4.69) is 234 Å². The molecule has 0 amide bonds. The average Bonchev–Trinajstić information content (AvgIpc) is 4.03. The zero-order chi connectivity index (χ0) is 44.1. The molecule has 10 aromatic rings. The van der Waals surface area contributed by atoms with Gasteiger partial charge < -0.3 is 0 Å². The van der Waals surface area contributed by atoms with E-state index in [1.54, 1.807) is 0 Å². The molecule has 0 radical (unpaired) electrons. The first kappa shape index (κ1) is 37.6. The molecule has 0 fully saturated rings. The molecule has 14 rings (SSSR count). The topological polar surface area (TPSA) is 0 Å². The Kier molecular flexibility index (Phi) is 7.61. The predicted octanol–water partition coefficient (Wildman–Crippen LogP) is 17.1. The quantitative estimate of drug-likeness (QED) is 0.155. The lowest BCUT2D eigenvalue weighted by Crippen LogP contribution is -2.18. The van der Waals surface area contributed by atoms with E-state index in [1.165, 1.54) is 144 Å². The molecule has 4 aliphatic carbocycles. The highest BCUT2D eigenvalue weighted by molar-refractivity contribution is 6.41. The van der Waals surface area contributed by atoms with Crippen LogP contribution in [0.3, 0.4) is 0 Å². The van der Waals surface area contributed by atoms with Gasteiger partial charge in [-0.05, 0) is 156 Å². The van der Waals surface area contributed by atoms with Crippen LogP contribution in [0, 0.1) is 0 Å². The van der Waals surface area contributed by atoms with Gasteiger partial charge in [-0.2, -0.15) is 0 Å². The van der Waals surface area contributed by atoms with Gasteiger partial charge in [0.15, 0.2) is 0 Å². The molecule has 0 nitrogen and oxygen atoms in total. The van der Waals surface area contributed by atoms with E-state index in [0.717, 1.165) is 0 Å². The minimum absolute atomic E-state index is 0.232. The first-order valence-corrected chi connectivity index (χ1v) is 23.5. The predicted molar refractivity (Wildman–Crippen MR) is 280 cm³/mol. The van der Waals surface area contributed by atoms with Crippen LogP contribution in [0.25, 0.3) is 82.4 Å². The van der Waals surface area contributed by atoms with Crippen molar-refractivity contribution in [3.63, 3.8) is 0 Å². The average molecular weight is 839 g/mol. The molecule has 0 atom stereocenters. The maximum Gasteiger partial charge on any atom is 0.0165 e. The monoisotopic (exact) mass is 838 g/mol. The molecule has 0 heteroatoms. The summed E-state index contributed by atoms with van der Waals surface area (Å²) in [5.41, 5.74) is 26.1. The van der Waals surface area contributed by atoms with Gasteiger partial charge in [-0.3, -0.25) is 0 Å². The minimum Gasteiger partial charge on any atom is -0.0622 e. The molecule has 66 heavy (non-hydrogen) atoms. The Morgan fingerprint density at radius 3 is 1.05 bits per heavy atom. The van der Waals surface area contributed by atoms with Crippen LogP contribution >= 0.6 is 0 Å². The van der Waals surface area contributed by atoms with Gasteiger partial charge in [-0.15, -0.1) is 0 Å². The second-order valence-electron chi connectivity index (χ2n) is 19.8. The Balaban J connectivity index is 1.21. The molecule has 310 valence electrons. The van der Waals surface area contributed by atoms with Crippen LogP contribution in [0.2, 0.25) is 0 Å². The normalized spacial score (nSPS) is 15.9. The van der Waals surface area contributed by atoms with Gasteiger partial charge in [0, 0.05) is 10.8 Å². The lowest BCUT2D eigenvalue weighted by Gasteiger charge is -2.28. The van der Waals surface area contributed by atoms with Crippen LogP contribution in [0.5, 0.6) is 0 Å². The van der Waals surface area contributed by atoms with E-state index < -0.39 is 0 Å². The number of fused-ring (bicyclic) bond motifs is 15. The summed E-state index contributed by atoms with van der Waals surface area (Å²) in [6.45, 7) is 9.78. The summed E-state index contributed by atoms with van der Waals surface area (Å²) in [6, 6.07) is 78.2. The van der Waals surface area contributed by atoms with E-state index >= 15 is 0 Å². The van der Waals surface area contributed by atoms with Crippen molar-refractivity contribution in [2.24, 2.45) is 0 Å². The molecule has 0 saturated heterocycles. The van der Waals surface area contributed by atoms with Gasteiger partial charge in [-0.25, -0.2) is 0 Å². The van der Waals surface area contributed by atoms with E-state index in [0.29, 0.717) is 0 Å². The summed E-state index contributed by atoms with van der Waals surface area (Å²) in [5.74, 6) is 0. The van der Waals surface area contributed by atoms with Crippen molar-refractivity contribution in [1.82, 2.24) is 0 Å². The number of rotatable bonds is 4. The molecular weight excluding hydrogens is 793 g/mol. The highest BCUT2D eigenvalue weighted by Gasteiger charge is 2.46. The Labute approximate surface area is 386 Å². The van der Waals surface area contributed by atoms with Crippen molar-refractivity contribution in [3.05, 3.63) is 267 Å². The molecule has 0 bridgehead atoms. The zero-order valence-corrected chi connectivity index (χ0v) is 37.6. The molecule has 0 unspecified atom stereocenters. The van der Waals surface area contributed by atoms with Crippen LogP contribution < -0.4 is 0 Å². The smallest absolute Gasteiger partial charge is 0.0165 e. The molecule has 0 spiro atoms. The van der Waals surface area contributed by atoms with Gasteiger partial charge >= 0.3 is 0 Å². The summed E-state index contributed by atoms with van der Waals surface area (Å²) in [5, 5.41) is 7.75. The minimum atomic E-state index is -0.240. The third-order valence-electron chi connectivity index (χ3n) is 15.7. The number of allylic oxidation sites excluding steroid dienone is 5. The highest BCUT2D eigenvalue weighted by Crippen LogP contribution is 2.66. The highest BCUT2D eigenvalue weighted by atomic mass is 14.5. The van der Waals surface area contributed by atoms with E-state index in [9.17, 15) is 0 Å². The van der Waals surface area contributed by atoms with Crippen LogP contribution in [0.15, 0.2) is 212 Å². The second-order valence-corrected chi connectivity index (χ2v) is 19.8. The molecule has 10 aromatic carbocycles. The number of hydrogen-bond donors (Lipinski definition) is 0. The Hall–Kier alpha value is -7.80. The van der Waals surface area contributed by atoms with Crippen LogP contribution in [-0.2, 0) is 10.8 Å². The lowest BCUT2D eigenvalue weighted by molar-refractivity contribution is 0.658. The third-order valence-corrected chi connectivity index (χ3v) is 15.7. The van der Waals surface area contributed by atoms with Crippen molar-refractivity contribution in [2.45, 2.75) is 38.5 Å². The van der Waals surface area contributed by atoms with E-state index in [1.807, 2.05) is 0 Å². The Morgan fingerprint density at radius 2 is 0.561 bits per heavy atom. The van der Waals surface area contributed by atoms with Gasteiger partial charge in [0.2, 0.25) is 0 Å². The zero-order valence-electron chi connectivity index (χ0n) is 37.6. The molecule has 0 N–H and O–H groups in total. The van der Waals surface area contributed by atoms with Crippen LogP contribution in [-0.4, -0.2) is 0 Å². The molecule has 0 aliphatic heterocycles. The standard InChI is InChI=1S/C66H46/c1-65(2)55-35-17-15-29-45(55)47-31-19-33-49(63(47)65)59-58(40-23-9-6-10-24-40)61-54-38-52-44-28-14-12-26-42(44)41-25-11-13-27-43(41)51(52)37-53(54)57(39-21-7-5-8-22-39)62(61)60(59)50-34-20-32-48-46-30-16-18-36-56(46)66(3,4)64(48)50/h5-38H,1-4H3. The molecule has 0 saturated carbocycles. The summed E-state index contributed by atoms with van der Waals surface area (Å²) in [7, 11) is 0. The van der Waals surface area contributed by atoms with E-state index in [4.69, 9.17) is 0 Å². The fourth-order valence-electron chi connectivity index (χ4n) is 13.1. The van der Waals surface area contributed by atoms with Crippen molar-refractivity contribution in [2.75, 3.05) is 0 Å². The van der Waals surface area contributed by atoms with Gasteiger partial charge in [-0.1, -0.05) is 222 Å². The number of benzene rings is 10.